The fourth-order valence-corrected chi connectivity index (χ4v) is 0.916. The Kier molecular flexibility index (Phi) is 5.53. The molecule has 0 amide bonds. The standard InChI is InChI=1S/C7H11BrN2O2/c1-3-12-7(11)5(4-10-2)6(8)9/h4-5,9H,3H2,1-2H3. The van der Waals surface area contributed by atoms with Crippen LogP contribution in [0.25, 0.3) is 0 Å². The van der Waals surface area contributed by atoms with Crippen LogP contribution >= 0.6 is 15.9 Å². The number of carbonyl (C=O) groups excluding carboxylic acids is 1. The molecule has 4 nitrogen and oxygen atoms in total. The normalized spacial score (nSPS) is 12.9. The van der Waals surface area contributed by atoms with Crippen LogP contribution in [0.1, 0.15) is 6.92 Å². The van der Waals surface area contributed by atoms with Crippen molar-refractivity contribution in [2.24, 2.45) is 10.9 Å². The van der Waals surface area contributed by atoms with Gasteiger partial charge in [-0.1, -0.05) is 0 Å². The molecule has 0 aliphatic heterocycles. The van der Waals surface area contributed by atoms with Crippen molar-refractivity contribution >= 4 is 32.7 Å². The number of esters is 1. The molecule has 12 heavy (non-hydrogen) atoms. The van der Waals surface area contributed by atoms with Crippen LogP contribution in [-0.2, 0) is 9.53 Å². The predicted molar refractivity (Wildman–Crippen MR) is 51.2 cm³/mol. The van der Waals surface area contributed by atoms with Crippen LogP contribution in [0.15, 0.2) is 4.99 Å². The van der Waals surface area contributed by atoms with Crippen molar-refractivity contribution in [2.45, 2.75) is 6.92 Å². The molecule has 0 aliphatic carbocycles. The van der Waals surface area contributed by atoms with Crippen molar-refractivity contribution in [3.63, 3.8) is 0 Å². The molecular weight excluding hydrogens is 224 g/mol. The fraction of sp³-hybridized carbons (Fsp3) is 0.571. The van der Waals surface area contributed by atoms with Crippen molar-refractivity contribution in [3.05, 3.63) is 0 Å². The molecule has 0 saturated carbocycles. The fourth-order valence-electron chi connectivity index (χ4n) is 0.611. The van der Waals surface area contributed by atoms with Gasteiger partial charge in [0.05, 0.1) is 11.2 Å². The quantitative estimate of drug-likeness (QED) is 0.588. The lowest BCUT2D eigenvalue weighted by Gasteiger charge is -2.07. The number of hydrogen-bond donors (Lipinski definition) is 1. The number of hydrogen-bond acceptors (Lipinski definition) is 4. The Morgan fingerprint density at radius 3 is 2.75 bits per heavy atom. The topological polar surface area (TPSA) is 62.5 Å². The van der Waals surface area contributed by atoms with Gasteiger partial charge in [0, 0.05) is 13.3 Å². The zero-order chi connectivity index (χ0) is 9.56. The highest BCUT2D eigenvalue weighted by Gasteiger charge is 2.20. The molecule has 0 fully saturated rings. The molecule has 0 spiro atoms. The van der Waals surface area contributed by atoms with Gasteiger partial charge in [0.2, 0.25) is 0 Å². The molecule has 1 atom stereocenters. The minimum atomic E-state index is -0.699. The van der Waals surface area contributed by atoms with Gasteiger partial charge >= 0.3 is 5.97 Å². The number of carbonyl (C=O) groups is 1. The summed E-state index contributed by atoms with van der Waals surface area (Å²) in [6.45, 7) is 2.03. The van der Waals surface area contributed by atoms with E-state index in [-0.39, 0.29) is 4.62 Å². The Morgan fingerprint density at radius 2 is 2.42 bits per heavy atom. The zero-order valence-electron chi connectivity index (χ0n) is 7.00. The first-order chi connectivity index (χ1) is 5.63. The highest BCUT2D eigenvalue weighted by atomic mass is 79.9. The molecule has 0 aromatic rings. The van der Waals surface area contributed by atoms with Gasteiger partial charge in [0.15, 0.2) is 0 Å². The molecule has 0 heterocycles. The molecule has 0 saturated heterocycles. The van der Waals surface area contributed by atoms with E-state index in [1.165, 1.54) is 6.21 Å². The zero-order valence-corrected chi connectivity index (χ0v) is 8.59. The molecule has 5 heteroatoms. The van der Waals surface area contributed by atoms with Gasteiger partial charge in [-0.25, -0.2) is 0 Å². The maximum atomic E-state index is 11.1. The predicted octanol–water partition coefficient (Wildman–Crippen LogP) is 1.24. The Bertz CT molecular complexity index is 204. The summed E-state index contributed by atoms with van der Waals surface area (Å²) in [5, 5.41) is 7.19. The van der Waals surface area contributed by atoms with E-state index in [4.69, 9.17) is 10.1 Å². The van der Waals surface area contributed by atoms with Crippen LogP contribution in [0.4, 0.5) is 0 Å². The van der Waals surface area contributed by atoms with Gasteiger partial charge in [-0.3, -0.25) is 15.2 Å². The second-order valence-corrected chi connectivity index (χ2v) is 2.84. The summed E-state index contributed by atoms with van der Waals surface area (Å²) in [6, 6.07) is 0. The summed E-state index contributed by atoms with van der Waals surface area (Å²) >= 11 is 2.90. The third-order valence-corrected chi connectivity index (χ3v) is 1.60. The molecule has 0 aromatic heterocycles. The number of rotatable bonds is 4. The second kappa shape index (κ2) is 5.88. The first-order valence-electron chi connectivity index (χ1n) is 3.46. The van der Waals surface area contributed by atoms with Crippen LogP contribution in [-0.4, -0.2) is 30.5 Å². The van der Waals surface area contributed by atoms with Crippen LogP contribution in [0, 0.1) is 11.3 Å². The third kappa shape index (κ3) is 3.61. The van der Waals surface area contributed by atoms with Gasteiger partial charge in [0.1, 0.15) is 5.92 Å². The van der Waals surface area contributed by atoms with Crippen molar-refractivity contribution in [2.75, 3.05) is 13.7 Å². The number of nitrogens with one attached hydrogen (secondary N) is 1. The monoisotopic (exact) mass is 234 g/mol. The van der Waals surface area contributed by atoms with E-state index < -0.39 is 11.9 Å². The second-order valence-electron chi connectivity index (χ2n) is 1.98. The van der Waals surface area contributed by atoms with E-state index in [0.29, 0.717) is 6.61 Å². The highest BCUT2D eigenvalue weighted by Crippen LogP contribution is 2.04. The van der Waals surface area contributed by atoms with E-state index in [1.807, 2.05) is 0 Å². The van der Waals surface area contributed by atoms with Gasteiger partial charge in [-0.2, -0.15) is 0 Å². The van der Waals surface area contributed by atoms with Crippen LogP contribution in [0.5, 0.6) is 0 Å². The summed E-state index contributed by atoms with van der Waals surface area (Å²) < 4.78 is 4.78. The number of halogens is 1. The minimum absolute atomic E-state index is 0.0616. The Labute approximate surface area is 79.7 Å². The van der Waals surface area contributed by atoms with E-state index >= 15 is 0 Å². The summed E-state index contributed by atoms with van der Waals surface area (Å²) in [5.41, 5.74) is 0. The molecule has 68 valence electrons. The summed E-state index contributed by atoms with van der Waals surface area (Å²) in [7, 11) is 1.54. The summed E-state index contributed by atoms with van der Waals surface area (Å²) in [6.07, 6.45) is 1.37. The Morgan fingerprint density at radius 1 is 1.83 bits per heavy atom. The summed E-state index contributed by atoms with van der Waals surface area (Å²) in [5.74, 6) is -1.15. The van der Waals surface area contributed by atoms with Gasteiger partial charge in [-0.15, -0.1) is 0 Å². The minimum Gasteiger partial charge on any atom is -0.465 e. The van der Waals surface area contributed by atoms with Crippen molar-refractivity contribution in [1.29, 1.82) is 5.41 Å². The number of ether oxygens (including phenoxy) is 1. The van der Waals surface area contributed by atoms with Crippen LogP contribution < -0.4 is 0 Å². The van der Waals surface area contributed by atoms with Crippen molar-refractivity contribution in [3.8, 4) is 0 Å². The van der Waals surface area contributed by atoms with Crippen LogP contribution in [0.2, 0.25) is 0 Å². The molecule has 1 N–H and O–H groups in total. The number of nitrogens with zero attached hydrogens (tertiary/aromatic N) is 1. The largest absolute Gasteiger partial charge is 0.465 e. The Balaban J connectivity index is 4.29. The van der Waals surface area contributed by atoms with Crippen molar-refractivity contribution < 1.29 is 9.53 Å². The van der Waals surface area contributed by atoms with Gasteiger partial charge in [-0.05, 0) is 22.9 Å². The lowest BCUT2D eigenvalue weighted by molar-refractivity contribution is -0.143. The third-order valence-electron chi connectivity index (χ3n) is 1.11. The van der Waals surface area contributed by atoms with Crippen molar-refractivity contribution in [1.82, 2.24) is 0 Å². The van der Waals surface area contributed by atoms with Gasteiger partial charge < -0.3 is 4.74 Å². The molecule has 0 rings (SSSR count). The molecular formula is C7H11BrN2O2. The molecule has 0 aromatic carbocycles. The summed E-state index contributed by atoms with van der Waals surface area (Å²) in [4.78, 5) is 14.8. The maximum absolute atomic E-state index is 11.1. The molecule has 0 aliphatic rings. The van der Waals surface area contributed by atoms with Gasteiger partial charge in [0.25, 0.3) is 0 Å². The lowest BCUT2D eigenvalue weighted by Crippen LogP contribution is -2.23. The molecule has 1 unspecified atom stereocenters. The number of aliphatic imine (C=N–C) groups is 1. The van der Waals surface area contributed by atoms with Crippen LogP contribution in [0.3, 0.4) is 0 Å². The van der Waals surface area contributed by atoms with E-state index in [0.717, 1.165) is 0 Å². The average Bonchev–Trinajstić information content (AvgIpc) is 1.99. The van der Waals surface area contributed by atoms with E-state index in [1.54, 1.807) is 14.0 Å². The first kappa shape index (κ1) is 11.3. The van der Waals surface area contributed by atoms with E-state index in [9.17, 15) is 4.79 Å². The lowest BCUT2D eigenvalue weighted by atomic mass is 10.2. The Hall–Kier alpha value is -0.710. The molecule has 0 radical (unpaired) electrons. The maximum Gasteiger partial charge on any atom is 0.321 e. The smallest absolute Gasteiger partial charge is 0.321 e. The highest BCUT2D eigenvalue weighted by molar-refractivity contribution is 9.18. The average molecular weight is 235 g/mol. The van der Waals surface area contributed by atoms with E-state index in [2.05, 4.69) is 20.9 Å². The first-order valence-corrected chi connectivity index (χ1v) is 4.25. The molecule has 0 bridgehead atoms. The SMILES string of the molecule is CCOC(=O)C(C=NC)C(=N)Br.